The van der Waals surface area contributed by atoms with Crippen molar-refractivity contribution in [2.24, 2.45) is 17.8 Å². The Kier molecular flexibility index (Phi) is 3.57. The maximum absolute atomic E-state index is 5.56. The predicted molar refractivity (Wildman–Crippen MR) is 64.8 cm³/mol. The average molecular weight is 222 g/mol. The summed E-state index contributed by atoms with van der Waals surface area (Å²) in [6.07, 6.45) is 9.77. The molecule has 0 aromatic rings. The highest BCUT2D eigenvalue weighted by Crippen LogP contribution is 2.42. The van der Waals surface area contributed by atoms with Crippen molar-refractivity contribution in [1.29, 1.82) is 0 Å². The highest BCUT2D eigenvalue weighted by atomic mass is 16.5. The fraction of sp³-hybridized carbons (Fsp3) is 0.714. The molecule has 2 heteroatoms. The minimum Gasteiger partial charge on any atom is -0.501 e. The van der Waals surface area contributed by atoms with E-state index in [0.717, 1.165) is 11.5 Å². The summed E-state index contributed by atoms with van der Waals surface area (Å²) in [5.74, 6) is 3.72. The monoisotopic (exact) mass is 222 g/mol. The molecule has 0 unspecified atom stereocenters. The predicted octanol–water partition coefficient (Wildman–Crippen LogP) is 3.50. The minimum absolute atomic E-state index is 0.369. The molecule has 0 atom stereocenters. The van der Waals surface area contributed by atoms with Gasteiger partial charge in [-0.15, -0.1) is 0 Å². The zero-order chi connectivity index (χ0) is 11.5. The Labute approximate surface area is 98.3 Å². The summed E-state index contributed by atoms with van der Waals surface area (Å²) >= 11 is 0. The Hall–Kier alpha value is -0.920. The summed E-state index contributed by atoms with van der Waals surface area (Å²) in [7, 11) is 3.55. The third-order valence-corrected chi connectivity index (χ3v) is 3.81. The summed E-state index contributed by atoms with van der Waals surface area (Å²) in [6.45, 7) is 2.17. The molecule has 0 amide bonds. The van der Waals surface area contributed by atoms with Gasteiger partial charge in [0.05, 0.1) is 20.1 Å². The normalized spacial score (nSPS) is 30.9. The molecule has 0 heterocycles. The zero-order valence-corrected chi connectivity index (χ0v) is 10.5. The van der Waals surface area contributed by atoms with Gasteiger partial charge < -0.3 is 9.47 Å². The summed E-state index contributed by atoms with van der Waals surface area (Å²) in [5.41, 5.74) is 0. The van der Waals surface area contributed by atoms with Crippen LogP contribution < -0.4 is 0 Å². The maximum Gasteiger partial charge on any atom is 0.103 e. The van der Waals surface area contributed by atoms with E-state index >= 15 is 0 Å². The van der Waals surface area contributed by atoms with E-state index in [-0.39, 0.29) is 0 Å². The van der Waals surface area contributed by atoms with Gasteiger partial charge in [-0.2, -0.15) is 0 Å². The van der Waals surface area contributed by atoms with E-state index < -0.39 is 0 Å². The fourth-order valence-electron chi connectivity index (χ4n) is 3.06. The van der Waals surface area contributed by atoms with Crippen LogP contribution in [0.15, 0.2) is 23.7 Å². The molecular formula is C14H22O2. The number of rotatable bonds is 3. The van der Waals surface area contributed by atoms with Crippen LogP contribution >= 0.6 is 0 Å². The van der Waals surface area contributed by atoms with Crippen molar-refractivity contribution in [2.75, 3.05) is 14.2 Å². The van der Waals surface area contributed by atoms with Crippen LogP contribution in [0.4, 0.5) is 0 Å². The molecule has 0 aliphatic heterocycles. The average Bonchev–Trinajstić information content (AvgIpc) is 2.80. The molecule has 0 bridgehead atoms. The van der Waals surface area contributed by atoms with Crippen molar-refractivity contribution >= 4 is 0 Å². The number of hydrogen-bond acceptors (Lipinski definition) is 2. The van der Waals surface area contributed by atoms with Crippen molar-refractivity contribution < 1.29 is 9.47 Å². The lowest BCUT2D eigenvalue weighted by Gasteiger charge is -2.30. The third kappa shape index (κ3) is 2.11. The summed E-state index contributed by atoms with van der Waals surface area (Å²) < 4.78 is 11.1. The third-order valence-electron chi connectivity index (χ3n) is 3.81. The molecule has 0 radical (unpaired) electrons. The standard InChI is InChI=1S/C14H22O2/c1-10-8-12(15-2)14(13(9-10)16-3)11-6-4-5-7-11/h8-11,14H,4-7H2,1-3H3. The smallest absolute Gasteiger partial charge is 0.103 e. The number of hydrogen-bond donors (Lipinski definition) is 0. The topological polar surface area (TPSA) is 18.5 Å². The Bertz CT molecular complexity index is 276. The van der Waals surface area contributed by atoms with Crippen LogP contribution in [0.1, 0.15) is 32.6 Å². The molecule has 0 spiro atoms. The van der Waals surface area contributed by atoms with Crippen LogP contribution in [0.3, 0.4) is 0 Å². The molecule has 1 saturated carbocycles. The zero-order valence-electron chi connectivity index (χ0n) is 10.5. The van der Waals surface area contributed by atoms with Crippen LogP contribution in [0.5, 0.6) is 0 Å². The van der Waals surface area contributed by atoms with Gasteiger partial charge in [-0.1, -0.05) is 19.8 Å². The first-order valence-electron chi connectivity index (χ1n) is 6.27. The first-order valence-corrected chi connectivity index (χ1v) is 6.27. The first kappa shape index (κ1) is 11.6. The first-order chi connectivity index (χ1) is 7.76. The van der Waals surface area contributed by atoms with Gasteiger partial charge in [-0.05, 0) is 36.8 Å². The van der Waals surface area contributed by atoms with E-state index in [9.17, 15) is 0 Å². The number of allylic oxidation sites excluding steroid dienone is 2. The van der Waals surface area contributed by atoms with Gasteiger partial charge in [0.15, 0.2) is 0 Å². The summed E-state index contributed by atoms with van der Waals surface area (Å²) in [5, 5.41) is 0. The van der Waals surface area contributed by atoms with E-state index in [0.29, 0.717) is 17.8 Å². The second-order valence-corrected chi connectivity index (χ2v) is 4.93. The van der Waals surface area contributed by atoms with Gasteiger partial charge in [0.25, 0.3) is 0 Å². The molecule has 0 aromatic carbocycles. The maximum atomic E-state index is 5.56. The lowest BCUT2D eigenvalue weighted by Crippen LogP contribution is -2.23. The van der Waals surface area contributed by atoms with Crippen molar-refractivity contribution in [3.05, 3.63) is 23.7 Å². The van der Waals surface area contributed by atoms with E-state index in [4.69, 9.17) is 9.47 Å². The second kappa shape index (κ2) is 4.94. The van der Waals surface area contributed by atoms with Crippen LogP contribution in [-0.2, 0) is 9.47 Å². The van der Waals surface area contributed by atoms with Gasteiger partial charge in [0.2, 0.25) is 0 Å². The van der Waals surface area contributed by atoms with Gasteiger partial charge in [0, 0.05) is 0 Å². The molecule has 0 aromatic heterocycles. The minimum atomic E-state index is 0.369. The van der Waals surface area contributed by atoms with Crippen LogP contribution in [0, 0.1) is 17.8 Å². The largest absolute Gasteiger partial charge is 0.501 e. The van der Waals surface area contributed by atoms with E-state index in [1.807, 2.05) is 0 Å². The number of methoxy groups -OCH3 is 2. The molecule has 2 rings (SSSR count). The van der Waals surface area contributed by atoms with Crippen molar-refractivity contribution in [1.82, 2.24) is 0 Å². The van der Waals surface area contributed by atoms with E-state index in [2.05, 4.69) is 19.1 Å². The van der Waals surface area contributed by atoms with Crippen LogP contribution in [-0.4, -0.2) is 14.2 Å². The molecule has 16 heavy (non-hydrogen) atoms. The Morgan fingerprint density at radius 2 is 1.50 bits per heavy atom. The molecule has 0 saturated heterocycles. The molecule has 90 valence electrons. The van der Waals surface area contributed by atoms with Crippen LogP contribution in [0.25, 0.3) is 0 Å². The van der Waals surface area contributed by atoms with E-state index in [1.165, 1.54) is 25.7 Å². The lowest BCUT2D eigenvalue weighted by molar-refractivity contribution is 0.153. The van der Waals surface area contributed by atoms with Crippen molar-refractivity contribution in [3.8, 4) is 0 Å². The molecule has 2 aliphatic rings. The highest BCUT2D eigenvalue weighted by Gasteiger charge is 2.34. The Morgan fingerprint density at radius 3 is 1.94 bits per heavy atom. The lowest BCUT2D eigenvalue weighted by atomic mass is 9.82. The molecule has 1 fully saturated rings. The fourth-order valence-corrected chi connectivity index (χ4v) is 3.06. The number of ether oxygens (including phenoxy) is 2. The van der Waals surface area contributed by atoms with Crippen molar-refractivity contribution in [2.45, 2.75) is 32.6 Å². The summed E-state index contributed by atoms with van der Waals surface area (Å²) in [4.78, 5) is 0. The van der Waals surface area contributed by atoms with Crippen LogP contribution in [0.2, 0.25) is 0 Å². The Balaban J connectivity index is 2.22. The summed E-state index contributed by atoms with van der Waals surface area (Å²) in [6, 6.07) is 0. The quantitative estimate of drug-likeness (QED) is 0.727. The van der Waals surface area contributed by atoms with Crippen molar-refractivity contribution in [3.63, 3.8) is 0 Å². The molecule has 2 aliphatic carbocycles. The second-order valence-electron chi connectivity index (χ2n) is 4.93. The van der Waals surface area contributed by atoms with Gasteiger partial charge in [-0.3, -0.25) is 0 Å². The van der Waals surface area contributed by atoms with Gasteiger partial charge >= 0.3 is 0 Å². The van der Waals surface area contributed by atoms with Gasteiger partial charge in [0.1, 0.15) is 11.5 Å². The van der Waals surface area contributed by atoms with Gasteiger partial charge in [-0.25, -0.2) is 0 Å². The highest BCUT2D eigenvalue weighted by molar-refractivity contribution is 5.23. The van der Waals surface area contributed by atoms with E-state index in [1.54, 1.807) is 14.2 Å². The molecular weight excluding hydrogens is 200 g/mol. The molecule has 2 nitrogen and oxygen atoms in total. The molecule has 0 N–H and O–H groups in total. The SMILES string of the molecule is COC1=CC(C)C=C(OC)C1C1CCCC1. The Morgan fingerprint density at radius 1 is 1.00 bits per heavy atom.